The van der Waals surface area contributed by atoms with Gasteiger partial charge in [0.05, 0.1) is 17.1 Å². The highest BCUT2D eigenvalue weighted by Gasteiger charge is 2.23. The molecule has 12 aromatic rings. The zero-order chi connectivity index (χ0) is 90.7. The van der Waals surface area contributed by atoms with Gasteiger partial charge in [-0.2, -0.15) is 0 Å². The van der Waals surface area contributed by atoms with Crippen molar-refractivity contribution in [2.75, 3.05) is 68.7 Å². The number of aromatic nitrogens is 4. The molecule has 29 heteroatoms. The summed E-state index contributed by atoms with van der Waals surface area (Å²) in [6.45, 7) is 19.0. The van der Waals surface area contributed by atoms with Crippen LogP contribution in [0, 0.1) is 0 Å². The summed E-state index contributed by atoms with van der Waals surface area (Å²) in [6, 6.07) is 61.0. The number of alkyl carbamates (subject to hydrolysis) is 3. The highest BCUT2D eigenvalue weighted by molar-refractivity contribution is 9.09. The Morgan fingerprint density at radius 3 is 1.09 bits per heavy atom. The Kier molecular flexibility index (Phi) is 50.5. The quantitative estimate of drug-likeness (QED) is 0.00607. The lowest BCUT2D eigenvalue weighted by Crippen LogP contribution is -2.37. The second kappa shape index (κ2) is 56.8. The van der Waals surface area contributed by atoms with E-state index in [4.69, 9.17) is 64.7 Å². The number of hydrogen-bond donors (Lipinski definition) is 10. The SMILES string of the molecule is C.C.C.C.C.C.CC(C)(C)OC(=O)NCc1ccccc1-c1nccc2c(N)cccc12.CC(C)(C)OC(=O)NCc1ccccc1B(O)O.CN(C)C/C=C/C(=O)Nc1cccc2c(-c3ccccc3CN)nccc12.CN(C)C/C=C/C(=O)Nc1cccc2c(-c3ccccc3CNC(=O)OC(C)(C)C)nccc12.Nc1cccc2c(Cl)nccc12.O=C(Cl)/C=C/CBr. The average molecular weight is 1880 g/mol. The van der Waals surface area contributed by atoms with Crippen LogP contribution < -0.4 is 49.2 Å². The molecule has 25 nitrogen and oxygen atoms in total. The van der Waals surface area contributed by atoms with Gasteiger partial charge in [-0.25, -0.2) is 19.4 Å². The first kappa shape index (κ1) is 116. The minimum atomic E-state index is -1.55. The van der Waals surface area contributed by atoms with Gasteiger partial charge in [0.25, 0.3) is 0 Å². The van der Waals surface area contributed by atoms with E-state index in [0.29, 0.717) is 59.9 Å². The fraction of sp³-hybridized carbons (Fsp3) is 0.287. The highest BCUT2D eigenvalue weighted by atomic mass is 79.9. The predicted molar refractivity (Wildman–Crippen MR) is 547 cm³/mol. The van der Waals surface area contributed by atoms with Gasteiger partial charge < -0.3 is 77.8 Å². The second-order valence-electron chi connectivity index (χ2n) is 31.2. The van der Waals surface area contributed by atoms with E-state index in [-0.39, 0.29) is 62.9 Å². The van der Waals surface area contributed by atoms with E-state index in [1.807, 2.05) is 262 Å². The number of carbonyl (C=O) groups excluding carboxylic acids is 6. The Morgan fingerprint density at radius 2 is 0.738 bits per heavy atom. The zero-order valence-electron chi connectivity index (χ0n) is 71.9. The summed E-state index contributed by atoms with van der Waals surface area (Å²) in [5.74, 6) is -0.334. The molecule has 13 N–H and O–H groups in total. The molecular formula is C101H132BBrCl2N14O11. The first-order chi connectivity index (χ1) is 58.9. The van der Waals surface area contributed by atoms with Gasteiger partial charge in [0, 0.05) is 164 Å². The first-order valence-electron chi connectivity index (χ1n) is 39.6. The van der Waals surface area contributed by atoms with Crippen LogP contribution in [0.5, 0.6) is 0 Å². The third kappa shape index (κ3) is 38.1. The van der Waals surface area contributed by atoms with Crippen LogP contribution in [0.1, 0.15) is 129 Å². The topological polar surface area (TPSA) is 367 Å². The predicted octanol–water partition coefficient (Wildman–Crippen LogP) is 21.3. The summed E-state index contributed by atoms with van der Waals surface area (Å²) < 4.78 is 15.7. The number of anilines is 4. The number of ether oxygens (including phenoxy) is 3. The van der Waals surface area contributed by atoms with Crippen LogP contribution in [-0.2, 0) is 54.8 Å². The standard InChI is InChI=1S/C27H32N4O3.C22H24N4O.C21H23N3O2.C12H18BNO4.C9H7ClN2.C4H4BrClO.6CH4/c1-27(2,3)34-26(33)29-18-19-10-6-7-11-20(19)25-22-12-8-13-23(21(22)15-16-28-25)30-24(32)14-9-17-31(4)5;1-26(2)14-6-11-21(27)25-20-10-5-9-19-18(20)12-13-24-22(19)17-8-4-3-7-16(17)15-23;1-21(2,3)26-20(25)24-13-14-7-4-5-8-15(14)19-17-9-6-10-18(22)16(17)11-12-23-19;1-12(2,3)18-11(15)14-8-9-6-4-5-7-10(9)13(16)17;10-9-7-2-1-3-8(11)6(7)4-5-12-9;5-3-1-2-4(6)7;;;;;;/h6-16H,17-18H2,1-5H3,(H,29,33)(H,30,32);3-13H,14-15,23H2,1-2H3,(H,25,27);4-12H,13,22H2,1-3H3,(H,24,25);4-7,16-17H,8H2,1-3H3,(H,14,15);1-5H,11H2;1-2H,3H2;6*1H4/b14-9+;11-6+;;;;2-1+;;;;;;. The molecule has 0 spiro atoms. The first-order valence-corrected chi connectivity index (χ1v) is 41.5. The molecule has 0 atom stereocenters. The van der Waals surface area contributed by atoms with Gasteiger partial charge in [0.2, 0.25) is 17.1 Å². The molecule has 0 fully saturated rings. The van der Waals surface area contributed by atoms with Gasteiger partial charge >= 0.3 is 25.4 Å². The molecule has 5 amide bonds. The Morgan fingerprint density at radius 1 is 0.415 bits per heavy atom. The maximum Gasteiger partial charge on any atom is 0.488 e. The van der Waals surface area contributed by atoms with Gasteiger partial charge in [0.1, 0.15) is 22.0 Å². The van der Waals surface area contributed by atoms with Crippen molar-refractivity contribution >= 4 is 153 Å². The van der Waals surface area contributed by atoms with Crippen molar-refractivity contribution in [3.05, 3.63) is 283 Å². The molecule has 0 aliphatic heterocycles. The van der Waals surface area contributed by atoms with Gasteiger partial charge in [-0.15, -0.1) is 0 Å². The van der Waals surface area contributed by atoms with E-state index in [1.165, 1.54) is 6.08 Å². The number of hydrogen-bond acceptors (Lipinski definition) is 20. The number of nitrogens with zero attached hydrogens (tertiary/aromatic N) is 6. The number of allylic oxidation sites excluding steroid dienone is 2. The summed E-state index contributed by atoms with van der Waals surface area (Å²) in [4.78, 5) is 91.8. The number of halogens is 3. The molecule has 8 aromatic carbocycles. The lowest BCUT2D eigenvalue weighted by molar-refractivity contribution is -0.112. The number of rotatable bonds is 21. The minimum absolute atomic E-state index is 0. The number of alkyl halides is 1. The van der Waals surface area contributed by atoms with Gasteiger partial charge in [0.15, 0.2) is 0 Å². The minimum Gasteiger partial charge on any atom is -0.444 e. The van der Waals surface area contributed by atoms with E-state index in [0.717, 1.165) is 111 Å². The number of nitrogens with two attached hydrogens (primary N) is 3. The van der Waals surface area contributed by atoms with Crippen LogP contribution in [0.15, 0.2) is 255 Å². The number of nitrogens with one attached hydrogen (secondary N) is 5. The monoisotopic (exact) mass is 1880 g/mol. The van der Waals surface area contributed by atoms with Crippen molar-refractivity contribution < 1.29 is 53.0 Å². The van der Waals surface area contributed by atoms with Crippen molar-refractivity contribution in [2.24, 2.45) is 5.73 Å². The maximum atomic E-state index is 12.4. The average Bonchev–Trinajstić information content (AvgIpc) is 0.773. The summed E-state index contributed by atoms with van der Waals surface area (Å²) in [5, 5.41) is 40.7. The molecule has 0 unspecified atom stereocenters. The smallest absolute Gasteiger partial charge is 0.444 e. The molecule has 12 rings (SSSR count). The molecule has 4 aromatic heterocycles. The molecule has 696 valence electrons. The van der Waals surface area contributed by atoms with E-state index in [2.05, 4.69) is 62.4 Å². The molecule has 0 bridgehead atoms. The third-order valence-corrected chi connectivity index (χ3v) is 18.2. The van der Waals surface area contributed by atoms with Crippen LogP contribution in [-0.4, -0.2) is 146 Å². The fourth-order valence-corrected chi connectivity index (χ4v) is 12.6. The molecule has 0 aliphatic rings. The zero-order valence-corrected chi connectivity index (χ0v) is 75.0. The van der Waals surface area contributed by atoms with E-state index < -0.39 is 47.4 Å². The van der Waals surface area contributed by atoms with Gasteiger partial charge in [-0.1, -0.05) is 236 Å². The molecule has 4 heterocycles. The largest absolute Gasteiger partial charge is 0.488 e. The van der Waals surface area contributed by atoms with E-state index >= 15 is 0 Å². The number of nitrogen functional groups attached to an aromatic ring is 2. The number of amides is 5. The number of benzene rings is 8. The van der Waals surface area contributed by atoms with Crippen molar-refractivity contribution in [2.45, 2.75) is 150 Å². The lowest BCUT2D eigenvalue weighted by Gasteiger charge is -2.20. The van der Waals surface area contributed by atoms with E-state index in [9.17, 15) is 28.8 Å². The van der Waals surface area contributed by atoms with Gasteiger partial charge in [-0.3, -0.25) is 29.3 Å². The van der Waals surface area contributed by atoms with Gasteiger partial charge in [-0.05, 0) is 184 Å². The summed E-state index contributed by atoms with van der Waals surface area (Å²) >= 11 is 13.9. The molecule has 130 heavy (non-hydrogen) atoms. The fourth-order valence-electron chi connectivity index (χ4n) is 12.1. The molecule has 0 radical (unpaired) electrons. The van der Waals surface area contributed by atoms with Crippen molar-refractivity contribution in [1.29, 1.82) is 0 Å². The van der Waals surface area contributed by atoms with Crippen molar-refractivity contribution in [1.82, 2.24) is 45.7 Å². The number of carbonyl (C=O) groups is 6. The molecular weight excluding hydrogens is 1750 g/mol. The number of fused-ring (bicyclic) bond motifs is 4. The second-order valence-corrected chi connectivity index (χ2v) is 32.6. The van der Waals surface area contributed by atoms with Crippen LogP contribution >= 0.6 is 39.1 Å². The van der Waals surface area contributed by atoms with Crippen LogP contribution in [0.4, 0.5) is 37.1 Å². The molecule has 0 saturated heterocycles. The molecule has 0 aliphatic carbocycles. The number of likely N-dealkylation sites (N-methyl/N-ethyl adjacent to an activating group) is 2. The normalized spacial score (nSPS) is 10.7. The Hall–Kier alpha value is -12.4. The van der Waals surface area contributed by atoms with Crippen LogP contribution in [0.3, 0.4) is 0 Å². The summed E-state index contributed by atoms with van der Waals surface area (Å²) in [5.41, 5.74) is 28.3. The maximum absolute atomic E-state index is 12.4. The Labute approximate surface area is 787 Å². The number of pyridine rings is 4. The van der Waals surface area contributed by atoms with E-state index in [1.54, 1.807) is 88.1 Å². The Bertz CT molecular complexity index is 5680. The van der Waals surface area contributed by atoms with Crippen molar-refractivity contribution in [3.8, 4) is 33.8 Å². The molecule has 0 saturated carbocycles. The third-order valence-electron chi connectivity index (χ3n) is 17.4. The highest BCUT2D eigenvalue weighted by Crippen LogP contribution is 2.36. The lowest BCUT2D eigenvalue weighted by atomic mass is 9.77. The van der Waals surface area contributed by atoms with Crippen molar-refractivity contribution in [3.63, 3.8) is 0 Å². The van der Waals surface area contributed by atoms with Crippen LogP contribution in [0.25, 0.3) is 76.9 Å². The summed E-state index contributed by atoms with van der Waals surface area (Å²) in [7, 11) is 6.26. The Balaban J connectivity index is 0.000000810. The summed E-state index contributed by atoms with van der Waals surface area (Å²) in [6.07, 6.45) is 15.2. The van der Waals surface area contributed by atoms with Crippen LogP contribution in [0.2, 0.25) is 5.15 Å².